The van der Waals surface area contributed by atoms with Crippen LogP contribution in [0.5, 0.6) is 17.2 Å². The number of furan rings is 1. The quantitative estimate of drug-likeness (QED) is 0.455. The predicted molar refractivity (Wildman–Crippen MR) is 111 cm³/mol. The molecule has 1 aromatic heterocycles. The van der Waals surface area contributed by atoms with E-state index in [1.165, 1.54) is 20.4 Å². The monoisotopic (exact) mass is 404 g/mol. The molecule has 7 heteroatoms. The summed E-state index contributed by atoms with van der Waals surface area (Å²) in [7, 11) is 4.34. The fourth-order valence-corrected chi connectivity index (χ4v) is 3.40. The van der Waals surface area contributed by atoms with Crippen molar-refractivity contribution in [2.24, 2.45) is 4.99 Å². The molecule has 0 saturated heterocycles. The molecule has 1 heterocycles. The highest BCUT2D eigenvalue weighted by atomic mass is 16.5. The van der Waals surface area contributed by atoms with Crippen molar-refractivity contribution in [2.45, 2.75) is 0 Å². The number of nitrogens with zero attached hydrogens (tertiary/aromatic N) is 1. The van der Waals surface area contributed by atoms with E-state index < -0.39 is 5.97 Å². The number of ether oxygens (including phenoxy) is 3. The average molecular weight is 404 g/mol. The van der Waals surface area contributed by atoms with Crippen molar-refractivity contribution in [3.05, 3.63) is 59.7 Å². The van der Waals surface area contributed by atoms with Gasteiger partial charge in [-0.3, -0.25) is 4.99 Å². The molecule has 4 aromatic rings. The molecule has 0 amide bonds. The van der Waals surface area contributed by atoms with Gasteiger partial charge in [0.05, 0.1) is 32.9 Å². The second-order valence-electron chi connectivity index (χ2n) is 6.43. The number of carboxylic acid groups (broad SMARTS) is 1. The highest BCUT2D eigenvalue weighted by Crippen LogP contribution is 2.38. The van der Waals surface area contributed by atoms with Crippen LogP contribution in [0.4, 0.5) is 5.69 Å². The van der Waals surface area contributed by atoms with Crippen molar-refractivity contribution in [2.75, 3.05) is 21.3 Å². The molecule has 152 valence electrons. The van der Waals surface area contributed by atoms with Gasteiger partial charge in [-0.2, -0.15) is 0 Å². The number of benzene rings is 3. The molecule has 30 heavy (non-hydrogen) atoms. The van der Waals surface area contributed by atoms with Crippen LogP contribution in [-0.4, -0.2) is 33.5 Å². The number of rotatable bonds is 6. The number of carboxylic acids is 1. The predicted octanol–water partition coefficient (Wildman–Crippen LogP) is 3.73. The van der Waals surface area contributed by atoms with Crippen molar-refractivity contribution in [3.63, 3.8) is 0 Å². The number of aromatic carboxylic acids is 1. The Kier molecular flexibility index (Phi) is 5.02. The summed E-state index contributed by atoms with van der Waals surface area (Å²) >= 11 is 0. The molecule has 4 rings (SSSR count). The molecule has 0 aliphatic carbocycles. The van der Waals surface area contributed by atoms with Gasteiger partial charge in [-0.15, -0.1) is 0 Å². The summed E-state index contributed by atoms with van der Waals surface area (Å²) < 4.78 is 21.8. The maximum absolute atomic E-state index is 11.7. The van der Waals surface area contributed by atoms with Gasteiger partial charge >= 0.3 is 0 Å². The minimum Gasteiger partial charge on any atom is -0.545 e. The van der Waals surface area contributed by atoms with E-state index in [0.29, 0.717) is 22.6 Å². The highest BCUT2D eigenvalue weighted by molar-refractivity contribution is 6.07. The van der Waals surface area contributed by atoms with E-state index in [4.69, 9.17) is 18.6 Å². The molecular weight excluding hydrogens is 386 g/mol. The Labute approximate surface area is 172 Å². The van der Waals surface area contributed by atoms with Crippen molar-refractivity contribution in [1.82, 2.24) is 0 Å². The first kappa shape index (κ1) is 19.3. The van der Waals surface area contributed by atoms with Gasteiger partial charge in [-0.1, -0.05) is 18.2 Å². The van der Waals surface area contributed by atoms with Crippen molar-refractivity contribution in [3.8, 4) is 17.2 Å². The van der Waals surface area contributed by atoms with Crippen LogP contribution in [0.15, 0.2) is 57.9 Å². The van der Waals surface area contributed by atoms with Crippen LogP contribution >= 0.6 is 0 Å². The first-order valence-corrected chi connectivity index (χ1v) is 9.07. The van der Waals surface area contributed by atoms with Gasteiger partial charge in [0, 0.05) is 28.6 Å². The standard InChI is InChI=1S/C23H19NO6/c1-27-18-9-8-13(21(23(25)26)22(18)29-3)12-24-16-11-19-15(10-20(16)28-2)14-6-4-5-7-17(14)30-19/h4-12H,1-3H3,(H,25,26)/p-1. The van der Waals surface area contributed by atoms with Gasteiger partial charge in [0.25, 0.3) is 0 Å². The first-order valence-electron chi connectivity index (χ1n) is 9.07. The van der Waals surface area contributed by atoms with Gasteiger partial charge in [-0.25, -0.2) is 0 Å². The molecule has 0 atom stereocenters. The normalized spacial score (nSPS) is 11.3. The Balaban J connectivity index is 1.84. The molecule has 0 radical (unpaired) electrons. The van der Waals surface area contributed by atoms with Crippen LogP contribution in [0.2, 0.25) is 0 Å². The summed E-state index contributed by atoms with van der Waals surface area (Å²) in [5.74, 6) is -0.510. The highest BCUT2D eigenvalue weighted by Gasteiger charge is 2.16. The lowest BCUT2D eigenvalue weighted by molar-refractivity contribution is -0.255. The minimum absolute atomic E-state index is 0.0705. The number of fused-ring (bicyclic) bond motifs is 3. The third-order valence-corrected chi connectivity index (χ3v) is 4.80. The van der Waals surface area contributed by atoms with Crippen LogP contribution in [-0.2, 0) is 0 Å². The van der Waals surface area contributed by atoms with Crippen molar-refractivity contribution < 1.29 is 28.5 Å². The van der Waals surface area contributed by atoms with Gasteiger partial charge in [0.1, 0.15) is 22.6 Å². The van der Waals surface area contributed by atoms with E-state index >= 15 is 0 Å². The summed E-state index contributed by atoms with van der Waals surface area (Å²) in [6.45, 7) is 0. The largest absolute Gasteiger partial charge is 0.545 e. The zero-order valence-electron chi connectivity index (χ0n) is 16.6. The maximum Gasteiger partial charge on any atom is 0.170 e. The SMILES string of the molecule is COc1cc2c(cc1N=Cc1ccc(OC)c(OC)c1C(=O)[O-])oc1ccccc12. The van der Waals surface area contributed by atoms with E-state index in [9.17, 15) is 9.90 Å². The van der Waals surface area contributed by atoms with Crippen LogP contribution in [0, 0.1) is 0 Å². The number of methoxy groups -OCH3 is 3. The molecule has 0 aliphatic rings. The summed E-state index contributed by atoms with van der Waals surface area (Å²) in [4.78, 5) is 16.2. The summed E-state index contributed by atoms with van der Waals surface area (Å²) in [5, 5.41) is 13.6. The number of carbonyl (C=O) groups excluding carboxylic acids is 1. The minimum atomic E-state index is -1.40. The molecule has 0 saturated carbocycles. The van der Waals surface area contributed by atoms with Crippen LogP contribution in [0.1, 0.15) is 15.9 Å². The first-order chi connectivity index (χ1) is 14.6. The molecule has 0 N–H and O–H groups in total. The topological polar surface area (TPSA) is 93.3 Å². The second kappa shape index (κ2) is 7.79. The Hall–Kier alpha value is -4.00. The molecule has 0 fully saturated rings. The number of aliphatic imine (C=N–C) groups is 1. The van der Waals surface area contributed by atoms with E-state index in [1.807, 2.05) is 30.3 Å². The zero-order valence-corrected chi connectivity index (χ0v) is 16.6. The zero-order chi connectivity index (χ0) is 21.3. The van der Waals surface area contributed by atoms with Gasteiger partial charge in [0.2, 0.25) is 0 Å². The summed E-state index contributed by atoms with van der Waals surface area (Å²) in [5.41, 5.74) is 2.05. The second-order valence-corrected chi connectivity index (χ2v) is 6.43. The Morgan fingerprint density at radius 2 is 1.70 bits per heavy atom. The molecule has 0 spiro atoms. The average Bonchev–Trinajstić information content (AvgIpc) is 3.13. The Morgan fingerprint density at radius 3 is 2.40 bits per heavy atom. The van der Waals surface area contributed by atoms with Crippen LogP contribution in [0.25, 0.3) is 21.9 Å². The molecular formula is C23H18NO6-. The van der Waals surface area contributed by atoms with Crippen LogP contribution < -0.4 is 19.3 Å². The fourth-order valence-electron chi connectivity index (χ4n) is 3.40. The molecule has 0 unspecified atom stereocenters. The number of hydrogen-bond donors (Lipinski definition) is 0. The van der Waals surface area contributed by atoms with Crippen molar-refractivity contribution in [1.29, 1.82) is 0 Å². The third-order valence-electron chi connectivity index (χ3n) is 4.80. The van der Waals surface area contributed by atoms with E-state index in [0.717, 1.165) is 16.4 Å². The summed E-state index contributed by atoms with van der Waals surface area (Å²) in [6.07, 6.45) is 1.42. The Morgan fingerprint density at radius 1 is 0.933 bits per heavy atom. The lowest BCUT2D eigenvalue weighted by atomic mass is 10.1. The smallest absolute Gasteiger partial charge is 0.170 e. The maximum atomic E-state index is 11.7. The Bertz CT molecular complexity index is 1290. The lowest BCUT2D eigenvalue weighted by Gasteiger charge is -2.15. The van der Waals surface area contributed by atoms with Crippen LogP contribution in [0.3, 0.4) is 0 Å². The van der Waals surface area contributed by atoms with Gasteiger partial charge in [0.15, 0.2) is 11.5 Å². The van der Waals surface area contributed by atoms with Crippen molar-refractivity contribution >= 4 is 39.8 Å². The molecule has 0 bridgehead atoms. The molecule has 0 aliphatic heterocycles. The van der Waals surface area contributed by atoms with E-state index in [-0.39, 0.29) is 17.1 Å². The van der Waals surface area contributed by atoms with E-state index in [2.05, 4.69) is 4.99 Å². The van der Waals surface area contributed by atoms with Gasteiger partial charge in [-0.05, 0) is 24.3 Å². The fraction of sp³-hybridized carbons (Fsp3) is 0.130. The van der Waals surface area contributed by atoms with E-state index in [1.54, 1.807) is 25.3 Å². The number of hydrogen-bond acceptors (Lipinski definition) is 7. The molecule has 3 aromatic carbocycles. The number of carbonyl (C=O) groups is 1. The van der Waals surface area contributed by atoms with Gasteiger partial charge < -0.3 is 28.5 Å². The number of para-hydroxylation sites is 1. The summed E-state index contributed by atoms with van der Waals surface area (Å²) in [6, 6.07) is 14.5. The third kappa shape index (κ3) is 3.20. The lowest BCUT2D eigenvalue weighted by Crippen LogP contribution is -2.24. The molecule has 7 nitrogen and oxygen atoms in total.